The molecular formula is C43H57N5O9. The normalized spacial score (nSPS) is 14.9. The zero-order valence-electron chi connectivity index (χ0n) is 33.2. The molecule has 5 amide bonds. The Kier molecular flexibility index (Phi) is 18.3. The highest BCUT2D eigenvalue weighted by atomic mass is 16.4. The molecule has 0 aliphatic carbocycles. The van der Waals surface area contributed by atoms with Gasteiger partial charge in [0.1, 0.15) is 18.1 Å². The zero-order chi connectivity index (χ0) is 42.1. The minimum atomic E-state index is -1.43. The van der Waals surface area contributed by atoms with Gasteiger partial charge in [0.25, 0.3) is 0 Å². The van der Waals surface area contributed by atoms with Crippen LogP contribution >= 0.6 is 0 Å². The number of hydrogen-bond acceptors (Lipinski definition) is 8. The molecule has 0 saturated heterocycles. The maximum absolute atomic E-state index is 13.9. The highest BCUT2D eigenvalue weighted by Crippen LogP contribution is 2.14. The number of rotatable bonds is 22. The van der Waals surface area contributed by atoms with E-state index in [1.54, 1.807) is 82.3 Å². The lowest BCUT2D eigenvalue weighted by Crippen LogP contribution is -2.59. The van der Waals surface area contributed by atoms with Crippen LogP contribution in [0, 0.1) is 11.8 Å². The number of amides is 5. The first-order valence-corrected chi connectivity index (χ1v) is 19.2. The molecule has 0 radical (unpaired) electrons. The van der Waals surface area contributed by atoms with Gasteiger partial charge in [-0.25, -0.2) is 0 Å². The van der Waals surface area contributed by atoms with E-state index in [0.29, 0.717) is 0 Å². The van der Waals surface area contributed by atoms with Crippen LogP contribution in [0.1, 0.15) is 64.2 Å². The number of carboxylic acid groups (broad SMARTS) is 1. The third-order valence-electron chi connectivity index (χ3n) is 9.45. The van der Waals surface area contributed by atoms with Crippen molar-refractivity contribution >= 4 is 35.5 Å². The van der Waals surface area contributed by atoms with Crippen molar-refractivity contribution in [2.75, 3.05) is 0 Å². The number of aliphatic carboxylic acids is 1. The van der Waals surface area contributed by atoms with Crippen molar-refractivity contribution < 1.29 is 44.1 Å². The smallest absolute Gasteiger partial charge is 0.306 e. The quantitative estimate of drug-likeness (QED) is 0.0746. The van der Waals surface area contributed by atoms with Gasteiger partial charge < -0.3 is 41.9 Å². The first-order chi connectivity index (χ1) is 27.0. The molecule has 0 spiro atoms. The highest BCUT2D eigenvalue weighted by molar-refractivity contribution is 5.93. The monoisotopic (exact) mass is 787 g/mol. The molecule has 0 bridgehead atoms. The minimum Gasteiger partial charge on any atom is -0.481 e. The molecule has 0 aliphatic heterocycles. The molecule has 7 unspecified atom stereocenters. The number of benzene rings is 3. The summed E-state index contributed by atoms with van der Waals surface area (Å²) < 4.78 is 0. The number of aliphatic hydroxyl groups is 2. The molecule has 0 aromatic heterocycles. The Morgan fingerprint density at radius 1 is 0.491 bits per heavy atom. The van der Waals surface area contributed by atoms with Crippen LogP contribution in [0.15, 0.2) is 91.0 Å². The molecule has 308 valence electrons. The topological polar surface area (TPSA) is 223 Å². The van der Waals surface area contributed by atoms with Gasteiger partial charge >= 0.3 is 5.97 Å². The Balaban J connectivity index is 1.69. The Morgan fingerprint density at radius 3 is 1.35 bits per heavy atom. The van der Waals surface area contributed by atoms with Crippen molar-refractivity contribution in [3.8, 4) is 0 Å². The van der Waals surface area contributed by atoms with Crippen LogP contribution in [-0.4, -0.2) is 93.2 Å². The van der Waals surface area contributed by atoms with Crippen LogP contribution in [0.4, 0.5) is 0 Å². The van der Waals surface area contributed by atoms with E-state index in [9.17, 15) is 44.1 Å². The fourth-order valence-electron chi connectivity index (χ4n) is 6.22. The number of carbonyl (C=O) groups excluding carboxylic acids is 5. The van der Waals surface area contributed by atoms with Gasteiger partial charge in [-0.05, 0) is 48.3 Å². The first-order valence-electron chi connectivity index (χ1n) is 19.2. The molecule has 3 aromatic rings. The Morgan fingerprint density at radius 2 is 0.895 bits per heavy atom. The molecule has 14 nitrogen and oxygen atoms in total. The van der Waals surface area contributed by atoms with Crippen molar-refractivity contribution in [3.05, 3.63) is 108 Å². The van der Waals surface area contributed by atoms with Gasteiger partial charge in [0.2, 0.25) is 29.5 Å². The maximum atomic E-state index is 13.9. The van der Waals surface area contributed by atoms with Gasteiger partial charge in [0.15, 0.2) is 0 Å². The van der Waals surface area contributed by atoms with E-state index in [2.05, 4.69) is 26.6 Å². The predicted octanol–water partition coefficient (Wildman–Crippen LogP) is 2.06. The Bertz CT molecular complexity index is 1760. The first kappa shape index (κ1) is 45.8. The third kappa shape index (κ3) is 15.8. The van der Waals surface area contributed by atoms with Crippen molar-refractivity contribution in [1.29, 1.82) is 0 Å². The van der Waals surface area contributed by atoms with E-state index >= 15 is 0 Å². The molecule has 57 heavy (non-hydrogen) atoms. The van der Waals surface area contributed by atoms with Crippen LogP contribution in [0.25, 0.3) is 0 Å². The van der Waals surface area contributed by atoms with Gasteiger partial charge in [-0.2, -0.15) is 0 Å². The zero-order valence-corrected chi connectivity index (χ0v) is 33.2. The third-order valence-corrected chi connectivity index (χ3v) is 9.45. The maximum Gasteiger partial charge on any atom is 0.306 e. The number of carbonyl (C=O) groups is 6. The Labute approximate surface area is 334 Å². The number of carboxylic acids is 1. The van der Waals surface area contributed by atoms with Gasteiger partial charge in [-0.15, -0.1) is 0 Å². The summed E-state index contributed by atoms with van der Waals surface area (Å²) >= 11 is 0. The van der Waals surface area contributed by atoms with Crippen LogP contribution in [-0.2, 0) is 48.0 Å². The number of hydrogen-bond donors (Lipinski definition) is 8. The van der Waals surface area contributed by atoms with E-state index in [-0.39, 0.29) is 31.1 Å². The second-order valence-electron chi connectivity index (χ2n) is 15.0. The van der Waals surface area contributed by atoms with E-state index in [1.807, 2.05) is 36.4 Å². The van der Waals surface area contributed by atoms with Gasteiger partial charge in [0.05, 0.1) is 43.6 Å². The summed E-state index contributed by atoms with van der Waals surface area (Å²) in [6.07, 6.45) is -3.62. The van der Waals surface area contributed by atoms with E-state index in [4.69, 9.17) is 0 Å². The van der Waals surface area contributed by atoms with E-state index in [0.717, 1.165) is 16.7 Å². The summed E-state index contributed by atoms with van der Waals surface area (Å²) in [7, 11) is 0. The SMILES string of the molecule is CC(NC(=O)CC(O)C(Cc1ccccc1)NC(=O)C(NC(=O)C(NC(=O)Cc1ccccc1)C(C)C)C(C)C)C(=O)NC(Cc1ccccc1)C(O)CC(=O)O. The van der Waals surface area contributed by atoms with Gasteiger partial charge in [-0.1, -0.05) is 119 Å². The summed E-state index contributed by atoms with van der Waals surface area (Å²) in [6, 6.07) is 21.9. The van der Waals surface area contributed by atoms with Crippen molar-refractivity contribution in [3.63, 3.8) is 0 Å². The van der Waals surface area contributed by atoms with Gasteiger partial charge in [0, 0.05) is 0 Å². The molecular weight excluding hydrogens is 730 g/mol. The standard InChI is InChI=1S/C43H57N5O9/c1-26(2)39(47-36(51)23-31-19-13-8-14-20-31)43(57)48-40(27(3)4)42(56)46-32(21-29-15-9-6-10-16-29)34(49)24-37(52)44-28(5)41(55)45-33(35(50)25-38(53)54)22-30-17-11-7-12-18-30/h6-20,26-28,32-35,39-40,49-50H,21-25H2,1-5H3,(H,44,52)(H,45,55)(H,46,56)(H,47,51)(H,48,57)(H,53,54). The lowest BCUT2D eigenvalue weighted by Gasteiger charge is -2.30. The lowest BCUT2D eigenvalue weighted by atomic mass is 9.96. The van der Waals surface area contributed by atoms with Crippen molar-refractivity contribution in [1.82, 2.24) is 26.6 Å². The molecule has 0 heterocycles. The minimum absolute atomic E-state index is 0.0756. The van der Waals surface area contributed by atoms with Crippen LogP contribution in [0.2, 0.25) is 0 Å². The fourth-order valence-corrected chi connectivity index (χ4v) is 6.22. The molecule has 0 aliphatic rings. The fraction of sp³-hybridized carbons (Fsp3) is 0.442. The molecule has 3 aromatic carbocycles. The summed E-state index contributed by atoms with van der Waals surface area (Å²) in [5.41, 5.74) is 2.29. The van der Waals surface area contributed by atoms with Crippen molar-refractivity contribution in [2.45, 2.75) is 109 Å². The van der Waals surface area contributed by atoms with E-state index in [1.165, 1.54) is 6.92 Å². The average Bonchev–Trinajstić information content (AvgIpc) is 3.15. The average molecular weight is 788 g/mol. The molecule has 0 saturated carbocycles. The van der Waals surface area contributed by atoms with Crippen LogP contribution in [0.5, 0.6) is 0 Å². The highest BCUT2D eigenvalue weighted by Gasteiger charge is 2.34. The van der Waals surface area contributed by atoms with Crippen molar-refractivity contribution in [2.24, 2.45) is 11.8 Å². The summed E-state index contributed by atoms with van der Waals surface area (Å²) in [5, 5.41) is 44.8. The summed E-state index contributed by atoms with van der Waals surface area (Å²) in [4.78, 5) is 78.0. The van der Waals surface area contributed by atoms with Crippen LogP contribution in [0.3, 0.4) is 0 Å². The molecule has 14 heteroatoms. The summed E-state index contributed by atoms with van der Waals surface area (Å²) in [6.45, 7) is 8.47. The predicted molar refractivity (Wildman–Crippen MR) is 214 cm³/mol. The molecule has 3 rings (SSSR count). The van der Waals surface area contributed by atoms with Crippen LogP contribution < -0.4 is 26.6 Å². The summed E-state index contributed by atoms with van der Waals surface area (Å²) in [5.74, 6) is -4.83. The Hall–Kier alpha value is -5.60. The molecule has 7 atom stereocenters. The second-order valence-corrected chi connectivity index (χ2v) is 15.0. The lowest BCUT2D eigenvalue weighted by molar-refractivity contribution is -0.140. The molecule has 0 fully saturated rings. The largest absolute Gasteiger partial charge is 0.481 e. The number of nitrogens with one attached hydrogen (secondary N) is 5. The van der Waals surface area contributed by atoms with Gasteiger partial charge in [-0.3, -0.25) is 28.8 Å². The van der Waals surface area contributed by atoms with E-state index < -0.39 is 90.8 Å². The second kappa shape index (κ2) is 22.8. The molecule has 8 N–H and O–H groups in total. The number of aliphatic hydroxyl groups excluding tert-OH is 2.